The van der Waals surface area contributed by atoms with Crippen LogP contribution in [0.25, 0.3) is 32.9 Å². The molecule has 26 heavy (non-hydrogen) atoms. The number of hydrogen-bond acceptors (Lipinski definition) is 1. The third kappa shape index (κ3) is 2.40. The van der Waals surface area contributed by atoms with E-state index in [-0.39, 0.29) is 0 Å². The van der Waals surface area contributed by atoms with Gasteiger partial charge in [0, 0.05) is 35.9 Å². The third-order valence-corrected chi connectivity index (χ3v) is 5.09. The van der Waals surface area contributed by atoms with E-state index in [1.54, 1.807) is 6.20 Å². The summed E-state index contributed by atoms with van der Waals surface area (Å²) < 4.78 is 2.21. The minimum Gasteiger partial charge on any atom is -0.350 e. The van der Waals surface area contributed by atoms with Crippen molar-refractivity contribution in [2.45, 2.75) is 6.42 Å². The molecule has 0 amide bonds. The molecule has 3 heteroatoms. The van der Waals surface area contributed by atoms with Gasteiger partial charge in [-0.3, -0.25) is 5.10 Å². The fourth-order valence-corrected chi connectivity index (χ4v) is 3.87. The van der Waals surface area contributed by atoms with Gasteiger partial charge in [0.2, 0.25) is 0 Å². The van der Waals surface area contributed by atoms with Crippen LogP contribution < -0.4 is 0 Å². The zero-order valence-electron chi connectivity index (χ0n) is 14.6. The summed E-state index contributed by atoms with van der Waals surface area (Å²) in [6.45, 7) is 0. The Bertz CT molecular complexity index is 1210. The van der Waals surface area contributed by atoms with E-state index in [1.807, 2.05) is 6.07 Å². The van der Waals surface area contributed by atoms with Crippen molar-refractivity contribution in [2.75, 3.05) is 0 Å². The Hall–Kier alpha value is -3.33. The second-order valence-electron chi connectivity index (χ2n) is 6.79. The molecule has 0 unspecified atom stereocenters. The van der Waals surface area contributed by atoms with E-state index in [4.69, 9.17) is 0 Å². The van der Waals surface area contributed by atoms with Gasteiger partial charge in [-0.15, -0.1) is 0 Å². The highest BCUT2D eigenvalue weighted by Crippen LogP contribution is 2.32. The molecule has 5 rings (SSSR count). The maximum Gasteiger partial charge on any atom is 0.0657 e. The lowest BCUT2D eigenvalue weighted by Crippen LogP contribution is -1.89. The normalized spacial score (nSPS) is 11.4. The van der Waals surface area contributed by atoms with E-state index in [2.05, 4.69) is 88.7 Å². The molecule has 2 aromatic heterocycles. The number of aryl methyl sites for hydroxylation is 1. The lowest BCUT2D eigenvalue weighted by molar-refractivity contribution is 0.958. The number of aromatic nitrogens is 3. The highest BCUT2D eigenvalue weighted by molar-refractivity contribution is 5.97. The van der Waals surface area contributed by atoms with E-state index in [1.165, 1.54) is 38.4 Å². The van der Waals surface area contributed by atoms with E-state index >= 15 is 0 Å². The fourth-order valence-electron chi connectivity index (χ4n) is 3.87. The first kappa shape index (κ1) is 15.0. The average molecular weight is 337 g/mol. The molecule has 0 saturated heterocycles. The van der Waals surface area contributed by atoms with Gasteiger partial charge in [0.15, 0.2) is 0 Å². The van der Waals surface area contributed by atoms with Crippen LogP contribution in [0.3, 0.4) is 0 Å². The first-order valence-electron chi connectivity index (χ1n) is 8.84. The molecule has 0 aliphatic carbocycles. The molecular formula is C23H19N3. The van der Waals surface area contributed by atoms with Crippen LogP contribution in [0.15, 0.2) is 79.1 Å². The van der Waals surface area contributed by atoms with Gasteiger partial charge in [0.1, 0.15) is 0 Å². The number of benzene rings is 3. The maximum absolute atomic E-state index is 4.13. The Kier molecular flexibility index (Phi) is 3.39. The van der Waals surface area contributed by atoms with Gasteiger partial charge in [0.05, 0.1) is 5.69 Å². The SMILES string of the molecule is Cn1cc(Cc2ccc3ccccc3c2)c2c(-c3ccn[nH]3)cccc21. The second-order valence-corrected chi connectivity index (χ2v) is 6.79. The molecule has 3 nitrogen and oxygen atoms in total. The molecule has 0 aliphatic heterocycles. The highest BCUT2D eigenvalue weighted by Gasteiger charge is 2.13. The summed E-state index contributed by atoms with van der Waals surface area (Å²) in [5.41, 5.74) is 6.17. The molecule has 1 N–H and O–H groups in total. The number of rotatable bonds is 3. The minimum atomic E-state index is 0.910. The van der Waals surface area contributed by atoms with Gasteiger partial charge >= 0.3 is 0 Å². The predicted molar refractivity (Wildman–Crippen MR) is 107 cm³/mol. The monoisotopic (exact) mass is 337 g/mol. The molecule has 0 bridgehead atoms. The molecule has 0 atom stereocenters. The minimum absolute atomic E-state index is 0.910. The number of nitrogens with zero attached hydrogens (tertiary/aromatic N) is 2. The van der Waals surface area contributed by atoms with Gasteiger partial charge in [-0.25, -0.2) is 0 Å². The molecule has 0 fully saturated rings. The van der Waals surface area contributed by atoms with Crippen molar-refractivity contribution >= 4 is 21.7 Å². The van der Waals surface area contributed by atoms with Crippen LogP contribution in [-0.2, 0) is 13.5 Å². The second kappa shape index (κ2) is 5.88. The lowest BCUT2D eigenvalue weighted by Gasteiger charge is -2.06. The number of aromatic amines is 1. The zero-order valence-corrected chi connectivity index (χ0v) is 14.6. The van der Waals surface area contributed by atoms with E-state index < -0.39 is 0 Å². The summed E-state index contributed by atoms with van der Waals surface area (Å²) in [5, 5.41) is 11.1. The van der Waals surface area contributed by atoms with Crippen molar-refractivity contribution in [3.63, 3.8) is 0 Å². The number of nitrogens with one attached hydrogen (secondary N) is 1. The summed E-state index contributed by atoms with van der Waals surface area (Å²) >= 11 is 0. The van der Waals surface area contributed by atoms with Crippen molar-refractivity contribution in [3.8, 4) is 11.3 Å². The molecular weight excluding hydrogens is 318 g/mol. The standard InChI is InChI=1S/C23H19N3/c1-26-15-19(14-16-9-10-17-5-2-3-6-18(17)13-16)23-20(7-4-8-22(23)26)21-11-12-24-25-21/h2-13,15H,14H2,1H3,(H,24,25). The Morgan fingerprint density at radius 3 is 2.65 bits per heavy atom. The van der Waals surface area contributed by atoms with Crippen LogP contribution in [0, 0.1) is 0 Å². The third-order valence-electron chi connectivity index (χ3n) is 5.09. The summed E-state index contributed by atoms with van der Waals surface area (Å²) in [5.74, 6) is 0. The van der Waals surface area contributed by atoms with Crippen molar-refractivity contribution in [2.24, 2.45) is 7.05 Å². The molecule has 3 aromatic carbocycles. The molecule has 2 heterocycles. The lowest BCUT2D eigenvalue weighted by atomic mass is 9.98. The molecule has 0 radical (unpaired) electrons. The summed E-state index contributed by atoms with van der Waals surface area (Å²) in [7, 11) is 2.11. The molecule has 5 aromatic rings. The Morgan fingerprint density at radius 1 is 0.923 bits per heavy atom. The van der Waals surface area contributed by atoms with Crippen molar-refractivity contribution in [3.05, 3.63) is 90.3 Å². The van der Waals surface area contributed by atoms with E-state index in [0.717, 1.165) is 12.1 Å². The predicted octanol–water partition coefficient (Wildman–Crippen LogP) is 5.31. The fraction of sp³-hybridized carbons (Fsp3) is 0.0870. The molecule has 126 valence electrons. The number of H-pyrrole nitrogens is 1. The van der Waals surface area contributed by atoms with Gasteiger partial charge in [0.25, 0.3) is 0 Å². The van der Waals surface area contributed by atoms with Gasteiger partial charge in [-0.1, -0.05) is 54.6 Å². The Balaban J connectivity index is 1.66. The van der Waals surface area contributed by atoms with Gasteiger partial charge in [-0.2, -0.15) is 5.10 Å². The van der Waals surface area contributed by atoms with Crippen LogP contribution >= 0.6 is 0 Å². The van der Waals surface area contributed by atoms with Crippen LogP contribution in [-0.4, -0.2) is 14.8 Å². The summed E-state index contributed by atoms with van der Waals surface area (Å²) in [4.78, 5) is 0. The number of hydrogen-bond donors (Lipinski definition) is 1. The first-order chi connectivity index (χ1) is 12.8. The zero-order chi connectivity index (χ0) is 17.5. The quantitative estimate of drug-likeness (QED) is 0.475. The van der Waals surface area contributed by atoms with Crippen LogP contribution in [0.2, 0.25) is 0 Å². The smallest absolute Gasteiger partial charge is 0.0657 e. The van der Waals surface area contributed by atoms with Crippen molar-refractivity contribution < 1.29 is 0 Å². The van der Waals surface area contributed by atoms with Crippen LogP contribution in [0.5, 0.6) is 0 Å². The number of fused-ring (bicyclic) bond motifs is 2. The molecule has 0 spiro atoms. The van der Waals surface area contributed by atoms with E-state index in [9.17, 15) is 0 Å². The Morgan fingerprint density at radius 2 is 1.81 bits per heavy atom. The van der Waals surface area contributed by atoms with Gasteiger partial charge < -0.3 is 4.57 Å². The van der Waals surface area contributed by atoms with Gasteiger partial charge in [-0.05, 0) is 40.5 Å². The maximum atomic E-state index is 4.13. The largest absolute Gasteiger partial charge is 0.350 e. The Labute approximate surface area is 151 Å². The van der Waals surface area contributed by atoms with Crippen molar-refractivity contribution in [1.29, 1.82) is 0 Å². The summed E-state index contributed by atoms with van der Waals surface area (Å²) in [6.07, 6.45) is 4.97. The topological polar surface area (TPSA) is 33.6 Å². The average Bonchev–Trinajstić information content (AvgIpc) is 3.31. The molecule has 0 saturated carbocycles. The van der Waals surface area contributed by atoms with Crippen LogP contribution in [0.4, 0.5) is 0 Å². The highest BCUT2D eigenvalue weighted by atomic mass is 15.1. The van der Waals surface area contributed by atoms with Crippen LogP contribution in [0.1, 0.15) is 11.1 Å². The molecule has 0 aliphatic rings. The summed E-state index contributed by atoms with van der Waals surface area (Å²) in [6, 6.07) is 23.8. The van der Waals surface area contributed by atoms with E-state index in [0.29, 0.717) is 0 Å². The first-order valence-corrected chi connectivity index (χ1v) is 8.84. The van der Waals surface area contributed by atoms with Crippen molar-refractivity contribution in [1.82, 2.24) is 14.8 Å².